The number of aliphatic hydroxyl groups is 1. The lowest BCUT2D eigenvalue weighted by atomic mass is 9.95. The summed E-state index contributed by atoms with van der Waals surface area (Å²) in [6.07, 6.45) is 0. The zero-order chi connectivity index (χ0) is 20.7. The van der Waals surface area contributed by atoms with E-state index in [2.05, 4.69) is 4.98 Å². The Labute approximate surface area is 173 Å². The van der Waals surface area contributed by atoms with Gasteiger partial charge >= 0.3 is 5.91 Å². The first-order valence-corrected chi connectivity index (χ1v) is 10.1. The van der Waals surface area contributed by atoms with Crippen LogP contribution in [0.3, 0.4) is 0 Å². The molecule has 1 saturated heterocycles. The van der Waals surface area contributed by atoms with Crippen molar-refractivity contribution in [3.05, 3.63) is 87.4 Å². The molecule has 0 aliphatic carbocycles. The van der Waals surface area contributed by atoms with Crippen molar-refractivity contribution in [2.45, 2.75) is 26.8 Å². The average Bonchev–Trinajstić information content (AvgIpc) is 3.18. The second-order valence-corrected chi connectivity index (χ2v) is 8.27. The highest BCUT2D eigenvalue weighted by molar-refractivity contribution is 7.16. The summed E-state index contributed by atoms with van der Waals surface area (Å²) in [5.41, 5.74) is 3.20. The number of hydrogen-bond acceptors (Lipinski definition) is 5. The van der Waals surface area contributed by atoms with Crippen LogP contribution in [0.2, 0.25) is 0 Å². The molecule has 2 heterocycles. The van der Waals surface area contributed by atoms with Gasteiger partial charge in [0.05, 0.1) is 17.3 Å². The van der Waals surface area contributed by atoms with Crippen LogP contribution in [0.25, 0.3) is 5.76 Å². The Bertz CT molecular complexity index is 1110. The molecule has 6 heteroatoms. The molecule has 1 aliphatic rings. The van der Waals surface area contributed by atoms with Gasteiger partial charge in [-0.2, -0.15) is 0 Å². The number of aliphatic hydroxyl groups excluding tert-OH is 1. The van der Waals surface area contributed by atoms with Crippen LogP contribution in [-0.4, -0.2) is 21.8 Å². The molecular weight excluding hydrogens is 384 g/mol. The van der Waals surface area contributed by atoms with E-state index in [0.717, 1.165) is 21.7 Å². The van der Waals surface area contributed by atoms with Gasteiger partial charge < -0.3 is 5.11 Å². The molecule has 1 aliphatic heterocycles. The van der Waals surface area contributed by atoms with E-state index in [9.17, 15) is 14.7 Å². The van der Waals surface area contributed by atoms with E-state index < -0.39 is 17.7 Å². The Kier molecular flexibility index (Phi) is 4.80. The maximum atomic E-state index is 13.0. The molecule has 1 unspecified atom stereocenters. The molecule has 2 aromatic carbocycles. The predicted octanol–water partition coefficient (Wildman–Crippen LogP) is 4.69. The smallest absolute Gasteiger partial charge is 0.301 e. The second kappa shape index (κ2) is 7.29. The summed E-state index contributed by atoms with van der Waals surface area (Å²) in [6, 6.07) is 15.7. The van der Waals surface area contributed by atoms with Gasteiger partial charge in [-0.3, -0.25) is 14.5 Å². The molecule has 1 atom stereocenters. The van der Waals surface area contributed by atoms with Crippen LogP contribution < -0.4 is 4.90 Å². The molecule has 146 valence electrons. The largest absolute Gasteiger partial charge is 0.507 e. The maximum Gasteiger partial charge on any atom is 0.301 e. The molecule has 0 radical (unpaired) electrons. The number of amides is 1. The second-order valence-electron chi connectivity index (χ2n) is 7.08. The summed E-state index contributed by atoms with van der Waals surface area (Å²) >= 11 is 1.37. The molecule has 1 aromatic heterocycles. The van der Waals surface area contributed by atoms with Gasteiger partial charge in [-0.05, 0) is 26.3 Å². The minimum absolute atomic E-state index is 0.0792. The van der Waals surface area contributed by atoms with Crippen LogP contribution in [0.4, 0.5) is 5.13 Å². The summed E-state index contributed by atoms with van der Waals surface area (Å²) in [4.78, 5) is 32.9. The Morgan fingerprint density at radius 2 is 1.66 bits per heavy atom. The van der Waals surface area contributed by atoms with Crippen LogP contribution in [-0.2, 0) is 9.59 Å². The first-order chi connectivity index (χ1) is 13.9. The fourth-order valence-electron chi connectivity index (χ4n) is 3.40. The lowest BCUT2D eigenvalue weighted by Crippen LogP contribution is -2.29. The number of thiazole rings is 1. The molecule has 1 amide bonds. The van der Waals surface area contributed by atoms with Crippen LogP contribution in [0.1, 0.15) is 33.3 Å². The number of rotatable bonds is 3. The summed E-state index contributed by atoms with van der Waals surface area (Å²) in [6.45, 7) is 5.77. The number of aromatic nitrogens is 1. The first-order valence-electron chi connectivity index (χ1n) is 9.25. The normalized spacial score (nSPS) is 18.4. The van der Waals surface area contributed by atoms with E-state index in [1.807, 2.05) is 51.1 Å². The van der Waals surface area contributed by atoms with Gasteiger partial charge in [-0.15, -0.1) is 11.3 Å². The number of hydrogen-bond donors (Lipinski definition) is 1. The van der Waals surface area contributed by atoms with E-state index in [1.54, 1.807) is 24.3 Å². The average molecular weight is 404 g/mol. The summed E-state index contributed by atoms with van der Waals surface area (Å²) in [7, 11) is 0. The Hall–Kier alpha value is -3.25. The quantitative estimate of drug-likeness (QED) is 0.390. The Balaban J connectivity index is 1.95. The van der Waals surface area contributed by atoms with Gasteiger partial charge in [0.1, 0.15) is 5.76 Å². The van der Waals surface area contributed by atoms with Crippen molar-refractivity contribution < 1.29 is 14.7 Å². The third-order valence-electron chi connectivity index (χ3n) is 5.11. The molecular formula is C23H20N2O3S. The van der Waals surface area contributed by atoms with E-state index in [0.29, 0.717) is 10.7 Å². The number of benzene rings is 2. The SMILES string of the molecule is Cc1ccc(C2C(=C(O)c3ccccc3)C(=O)C(=O)N2c2nc(C)c(C)s2)cc1. The van der Waals surface area contributed by atoms with E-state index >= 15 is 0 Å². The van der Waals surface area contributed by atoms with Gasteiger partial charge in [-0.1, -0.05) is 60.2 Å². The number of carbonyl (C=O) groups excluding carboxylic acids is 2. The van der Waals surface area contributed by atoms with Crippen LogP contribution in [0, 0.1) is 20.8 Å². The molecule has 1 N–H and O–H groups in total. The maximum absolute atomic E-state index is 13.0. The van der Waals surface area contributed by atoms with Gasteiger partial charge in [0.15, 0.2) is 5.13 Å². The van der Waals surface area contributed by atoms with E-state index in [1.165, 1.54) is 16.2 Å². The van der Waals surface area contributed by atoms with Crippen molar-refractivity contribution in [3.63, 3.8) is 0 Å². The molecule has 0 bridgehead atoms. The number of ketones is 1. The van der Waals surface area contributed by atoms with Crippen LogP contribution >= 0.6 is 11.3 Å². The molecule has 3 aromatic rings. The van der Waals surface area contributed by atoms with Crippen molar-refractivity contribution in [1.82, 2.24) is 4.98 Å². The molecule has 0 spiro atoms. The van der Waals surface area contributed by atoms with Crippen molar-refractivity contribution in [3.8, 4) is 0 Å². The highest BCUT2D eigenvalue weighted by Crippen LogP contribution is 2.43. The molecule has 0 saturated carbocycles. The van der Waals surface area contributed by atoms with Gasteiger partial charge in [-0.25, -0.2) is 4.98 Å². The highest BCUT2D eigenvalue weighted by Gasteiger charge is 2.48. The molecule has 1 fully saturated rings. The van der Waals surface area contributed by atoms with Crippen LogP contribution in [0.5, 0.6) is 0 Å². The first kappa shape index (κ1) is 19.1. The lowest BCUT2D eigenvalue weighted by molar-refractivity contribution is -0.132. The molecule has 5 nitrogen and oxygen atoms in total. The number of nitrogens with zero attached hydrogens (tertiary/aromatic N) is 2. The third-order valence-corrected chi connectivity index (χ3v) is 6.18. The Morgan fingerprint density at radius 1 is 1.00 bits per heavy atom. The number of carbonyl (C=O) groups is 2. The minimum Gasteiger partial charge on any atom is -0.507 e. The van der Waals surface area contributed by atoms with E-state index in [4.69, 9.17) is 0 Å². The van der Waals surface area contributed by atoms with Gasteiger partial charge in [0.25, 0.3) is 5.78 Å². The third kappa shape index (κ3) is 3.25. The van der Waals surface area contributed by atoms with Gasteiger partial charge in [0, 0.05) is 10.4 Å². The molecule has 29 heavy (non-hydrogen) atoms. The van der Waals surface area contributed by atoms with Crippen molar-refractivity contribution >= 4 is 33.9 Å². The highest BCUT2D eigenvalue weighted by atomic mass is 32.1. The lowest BCUT2D eigenvalue weighted by Gasteiger charge is -2.23. The minimum atomic E-state index is -0.735. The summed E-state index contributed by atoms with van der Waals surface area (Å²) in [5.74, 6) is -1.56. The standard InChI is InChI=1S/C23H20N2O3S/c1-13-9-11-16(12-10-13)19-18(20(26)17-7-5-4-6-8-17)21(27)22(28)25(19)23-24-14(2)15(3)29-23/h4-12,19,26H,1-3H3. The fraction of sp³-hybridized carbons (Fsp3) is 0.174. The molecule has 4 rings (SSSR count). The van der Waals surface area contributed by atoms with Crippen molar-refractivity contribution in [2.24, 2.45) is 0 Å². The number of aryl methyl sites for hydroxylation is 3. The van der Waals surface area contributed by atoms with Gasteiger partial charge in [0.2, 0.25) is 0 Å². The number of anilines is 1. The van der Waals surface area contributed by atoms with Crippen molar-refractivity contribution in [1.29, 1.82) is 0 Å². The van der Waals surface area contributed by atoms with Crippen LogP contribution in [0.15, 0.2) is 60.2 Å². The zero-order valence-electron chi connectivity index (χ0n) is 16.3. The fourth-order valence-corrected chi connectivity index (χ4v) is 4.34. The summed E-state index contributed by atoms with van der Waals surface area (Å²) in [5, 5.41) is 11.4. The monoisotopic (exact) mass is 404 g/mol. The van der Waals surface area contributed by atoms with Crippen molar-refractivity contribution in [2.75, 3.05) is 4.90 Å². The zero-order valence-corrected chi connectivity index (χ0v) is 17.2. The topological polar surface area (TPSA) is 70.5 Å². The number of Topliss-reactive ketones (excluding diaryl/α,β-unsaturated/α-hetero) is 1. The van der Waals surface area contributed by atoms with E-state index in [-0.39, 0.29) is 11.3 Å². The predicted molar refractivity (Wildman–Crippen MR) is 114 cm³/mol. The summed E-state index contributed by atoms with van der Waals surface area (Å²) < 4.78 is 0. The Morgan fingerprint density at radius 3 is 2.24 bits per heavy atom.